The lowest BCUT2D eigenvalue weighted by Crippen LogP contribution is -2.55. The topological polar surface area (TPSA) is 32.8 Å². The molecule has 1 saturated heterocycles. The van der Waals surface area contributed by atoms with Crippen LogP contribution in [-0.2, 0) is 4.74 Å². The van der Waals surface area contributed by atoms with Crippen LogP contribution in [0.3, 0.4) is 0 Å². The predicted molar refractivity (Wildman–Crippen MR) is 128 cm³/mol. The molecule has 2 unspecified atom stereocenters. The highest BCUT2D eigenvalue weighted by molar-refractivity contribution is 5.10. The fraction of sp³-hybridized carbons (Fsp3) is 1.00. The van der Waals surface area contributed by atoms with Crippen molar-refractivity contribution in [3.8, 4) is 0 Å². The van der Waals surface area contributed by atoms with E-state index in [9.17, 15) is 5.11 Å². The third-order valence-corrected chi connectivity index (χ3v) is 12.0. The first-order chi connectivity index (χ1) is 14.9. The number of ether oxygens (including phenoxy) is 1. The third kappa shape index (κ3) is 3.74. The van der Waals surface area contributed by atoms with Crippen molar-refractivity contribution < 1.29 is 9.84 Å². The van der Waals surface area contributed by atoms with Gasteiger partial charge in [0.1, 0.15) is 0 Å². The van der Waals surface area contributed by atoms with E-state index in [1.807, 2.05) is 0 Å². The molecule has 178 valence electrons. The lowest BCUT2D eigenvalue weighted by molar-refractivity contribution is -0.141. The molecule has 0 aromatic carbocycles. The summed E-state index contributed by atoms with van der Waals surface area (Å²) in [5.41, 5.74) is 0.850. The second-order valence-electron chi connectivity index (χ2n) is 13.4. The van der Waals surface area contributed by atoms with Gasteiger partial charge in [0, 0.05) is 6.61 Å². The molecule has 4 aliphatic carbocycles. The molecule has 5 rings (SSSR count). The molecule has 0 aromatic rings. The van der Waals surface area contributed by atoms with Gasteiger partial charge in [-0.3, -0.25) is 0 Å². The molecule has 2 nitrogen and oxygen atoms in total. The lowest BCUT2D eigenvalue weighted by Gasteiger charge is -2.61. The summed E-state index contributed by atoms with van der Waals surface area (Å²) in [6, 6.07) is 0. The van der Waals surface area contributed by atoms with Gasteiger partial charge in [-0.2, -0.15) is 0 Å². The molecule has 5 aliphatic rings. The maximum Gasteiger partial charge on any atom is 0.0840 e. The summed E-state index contributed by atoms with van der Waals surface area (Å²) in [4.78, 5) is 0. The van der Waals surface area contributed by atoms with Crippen LogP contribution >= 0.6 is 0 Å². The van der Waals surface area contributed by atoms with Gasteiger partial charge in [-0.1, -0.05) is 47.0 Å². The van der Waals surface area contributed by atoms with E-state index in [4.69, 9.17) is 4.74 Å². The van der Waals surface area contributed by atoms with Crippen LogP contribution in [0.5, 0.6) is 0 Å². The van der Waals surface area contributed by atoms with Crippen molar-refractivity contribution in [2.75, 3.05) is 13.2 Å². The molecule has 0 radical (unpaired) electrons. The van der Waals surface area contributed by atoms with Crippen LogP contribution in [0.25, 0.3) is 0 Å². The van der Waals surface area contributed by atoms with Crippen LogP contribution in [0, 0.1) is 58.2 Å². The summed E-state index contributed by atoms with van der Waals surface area (Å²) in [5, 5.41) is 10.7. The van der Waals surface area contributed by atoms with E-state index < -0.39 is 0 Å². The van der Waals surface area contributed by atoms with Crippen LogP contribution in [0.2, 0.25) is 0 Å². The Morgan fingerprint density at radius 3 is 2.42 bits per heavy atom. The summed E-state index contributed by atoms with van der Waals surface area (Å²) < 4.78 is 5.70. The smallest absolute Gasteiger partial charge is 0.0840 e. The number of fused-ring (bicyclic) bond motifs is 5. The summed E-state index contributed by atoms with van der Waals surface area (Å²) in [6.07, 6.45) is 17.5. The van der Waals surface area contributed by atoms with Gasteiger partial charge >= 0.3 is 0 Å². The fourth-order valence-corrected chi connectivity index (χ4v) is 10.3. The monoisotopic (exact) mass is 430 g/mol. The Balaban J connectivity index is 1.28. The molecule has 0 bridgehead atoms. The van der Waals surface area contributed by atoms with E-state index in [0.29, 0.717) is 23.5 Å². The SMILES string of the molecule is CC(C)[C@@H](CC[C@@H](C)[C@H]1CC[C@H]2[C@@H]3CCC4CCCC[C@]4(CO)[C@H]3CC[C@]12C)C1CO1. The molecule has 0 spiro atoms. The van der Waals surface area contributed by atoms with Crippen molar-refractivity contribution in [3.05, 3.63) is 0 Å². The molecular formula is C29H50O2. The summed E-state index contributed by atoms with van der Waals surface area (Å²) >= 11 is 0. The molecule has 4 saturated carbocycles. The van der Waals surface area contributed by atoms with Gasteiger partial charge in [0.25, 0.3) is 0 Å². The van der Waals surface area contributed by atoms with Gasteiger partial charge in [-0.05, 0) is 116 Å². The van der Waals surface area contributed by atoms with Crippen LogP contribution in [0.4, 0.5) is 0 Å². The second-order valence-corrected chi connectivity index (χ2v) is 13.4. The van der Waals surface area contributed by atoms with Crippen LogP contribution in [0.15, 0.2) is 0 Å². The molecule has 31 heavy (non-hydrogen) atoms. The van der Waals surface area contributed by atoms with Gasteiger partial charge in [-0.15, -0.1) is 0 Å². The number of epoxide rings is 1. The van der Waals surface area contributed by atoms with E-state index in [-0.39, 0.29) is 0 Å². The minimum atomic E-state index is 0.293. The van der Waals surface area contributed by atoms with E-state index in [0.717, 1.165) is 54.0 Å². The number of aliphatic hydroxyl groups is 1. The average Bonchev–Trinajstić information content (AvgIpc) is 3.53. The highest BCUT2D eigenvalue weighted by Gasteiger charge is 2.61. The largest absolute Gasteiger partial charge is 0.396 e. The third-order valence-electron chi connectivity index (χ3n) is 12.0. The summed E-state index contributed by atoms with van der Waals surface area (Å²) in [5.74, 6) is 6.77. The van der Waals surface area contributed by atoms with Crippen molar-refractivity contribution in [1.29, 1.82) is 0 Å². The molecule has 0 aromatic heterocycles. The number of hydrogen-bond donors (Lipinski definition) is 1. The first-order valence-electron chi connectivity index (χ1n) is 14.1. The van der Waals surface area contributed by atoms with Crippen LogP contribution in [0.1, 0.15) is 105 Å². The predicted octanol–water partition coefficient (Wildman–Crippen LogP) is 7.10. The molecule has 10 atom stereocenters. The maximum atomic E-state index is 10.7. The zero-order valence-electron chi connectivity index (χ0n) is 21.0. The average molecular weight is 431 g/mol. The Morgan fingerprint density at radius 1 is 0.903 bits per heavy atom. The first kappa shape index (κ1) is 22.7. The zero-order chi connectivity index (χ0) is 21.8. The first-order valence-corrected chi connectivity index (χ1v) is 14.1. The van der Waals surface area contributed by atoms with Crippen molar-refractivity contribution in [1.82, 2.24) is 0 Å². The van der Waals surface area contributed by atoms with Gasteiger partial charge in [-0.25, -0.2) is 0 Å². The standard InChI is InChI=1S/C29H50O2/c1-19(2)22(27-17-31-27)10-8-20(3)24-12-13-25-23-11-9-21-7-5-6-15-29(21,18-30)26(23)14-16-28(24,25)4/h19-27,30H,5-18H2,1-4H3/t20-,21?,22-,23+,24-,25+,26+,27?,28-,29-/m1/s1. The maximum absolute atomic E-state index is 10.7. The lowest BCUT2D eigenvalue weighted by atomic mass is 9.44. The number of hydrogen-bond acceptors (Lipinski definition) is 2. The minimum absolute atomic E-state index is 0.293. The Kier molecular flexibility index (Phi) is 6.30. The Bertz CT molecular complexity index is 624. The molecule has 1 heterocycles. The molecule has 1 aliphatic heterocycles. The van der Waals surface area contributed by atoms with Crippen molar-refractivity contribution in [3.63, 3.8) is 0 Å². The quantitative estimate of drug-likeness (QED) is 0.437. The number of aliphatic hydroxyl groups excluding tert-OH is 1. The van der Waals surface area contributed by atoms with E-state index >= 15 is 0 Å². The summed E-state index contributed by atoms with van der Waals surface area (Å²) in [6.45, 7) is 11.6. The molecule has 1 N–H and O–H groups in total. The minimum Gasteiger partial charge on any atom is -0.396 e. The van der Waals surface area contributed by atoms with E-state index in [1.165, 1.54) is 77.0 Å². The Morgan fingerprint density at radius 2 is 1.71 bits per heavy atom. The van der Waals surface area contributed by atoms with Crippen LogP contribution in [-0.4, -0.2) is 24.4 Å². The molecule has 2 heteroatoms. The summed E-state index contributed by atoms with van der Waals surface area (Å²) in [7, 11) is 0. The fourth-order valence-electron chi connectivity index (χ4n) is 10.3. The van der Waals surface area contributed by atoms with Crippen molar-refractivity contribution >= 4 is 0 Å². The molecule has 5 fully saturated rings. The molecular weight excluding hydrogens is 380 g/mol. The van der Waals surface area contributed by atoms with Gasteiger partial charge in [0.05, 0.1) is 12.7 Å². The Labute approximate surface area is 192 Å². The van der Waals surface area contributed by atoms with Crippen LogP contribution < -0.4 is 0 Å². The normalized spacial score (nSPS) is 48.6. The van der Waals surface area contributed by atoms with Crippen molar-refractivity contribution in [2.45, 2.75) is 111 Å². The van der Waals surface area contributed by atoms with Gasteiger partial charge < -0.3 is 9.84 Å². The van der Waals surface area contributed by atoms with E-state index in [1.54, 1.807) is 0 Å². The highest BCUT2D eigenvalue weighted by Crippen LogP contribution is 2.68. The van der Waals surface area contributed by atoms with Gasteiger partial charge in [0.2, 0.25) is 0 Å². The molecule has 0 amide bonds. The Hall–Kier alpha value is -0.0800. The van der Waals surface area contributed by atoms with Crippen molar-refractivity contribution in [2.24, 2.45) is 58.2 Å². The second kappa shape index (κ2) is 8.61. The van der Waals surface area contributed by atoms with E-state index in [2.05, 4.69) is 27.7 Å². The highest BCUT2D eigenvalue weighted by atomic mass is 16.6. The van der Waals surface area contributed by atoms with Gasteiger partial charge in [0.15, 0.2) is 0 Å². The zero-order valence-corrected chi connectivity index (χ0v) is 21.0. The number of rotatable bonds is 7.